The van der Waals surface area contributed by atoms with E-state index < -0.39 is 55.0 Å². The highest BCUT2D eigenvalue weighted by molar-refractivity contribution is 7.89. The molecule has 0 spiro atoms. The van der Waals surface area contributed by atoms with Gasteiger partial charge in [0, 0.05) is 34.9 Å². The summed E-state index contributed by atoms with van der Waals surface area (Å²) in [4.78, 5) is -1.73. The summed E-state index contributed by atoms with van der Waals surface area (Å²) in [6, 6.07) is -1.02. The normalized spacial score (nSPS) is 15.1. The van der Waals surface area contributed by atoms with Gasteiger partial charge in [-0.15, -0.1) is 0 Å². The molecule has 0 saturated carbocycles. The number of rotatable bonds is 5. The first kappa shape index (κ1) is 17.1. The predicted molar refractivity (Wildman–Crippen MR) is 65.0 cm³/mol. The van der Waals surface area contributed by atoms with Gasteiger partial charge < -0.3 is 0 Å². The van der Waals surface area contributed by atoms with Crippen molar-refractivity contribution >= 4 is 20.8 Å². The SMILES string of the molecule is C[C@@H](C[S@@](C)=O)NS(=O)(=O)c1c(F)c(F)cc(F)c1F. The third-order valence-corrected chi connectivity index (χ3v) is 4.76. The van der Waals surface area contributed by atoms with E-state index in [1.54, 1.807) is 4.72 Å². The Morgan fingerprint density at radius 2 is 1.65 bits per heavy atom. The van der Waals surface area contributed by atoms with Crippen LogP contribution in [-0.4, -0.2) is 30.7 Å². The summed E-state index contributed by atoms with van der Waals surface area (Å²) in [5.41, 5.74) is 0. The van der Waals surface area contributed by atoms with Crippen LogP contribution in [0, 0.1) is 23.3 Å². The van der Waals surface area contributed by atoms with Gasteiger partial charge in [0.15, 0.2) is 28.2 Å². The summed E-state index contributed by atoms with van der Waals surface area (Å²) in [5, 5.41) is 0. The Balaban J connectivity index is 3.26. The summed E-state index contributed by atoms with van der Waals surface area (Å²) in [5.74, 6) is -7.80. The second kappa shape index (κ2) is 6.19. The minimum absolute atomic E-state index is 0.0891. The molecule has 1 N–H and O–H groups in total. The second-order valence-corrected chi connectivity index (χ2v) is 7.19. The fourth-order valence-corrected chi connectivity index (χ4v) is 3.79. The van der Waals surface area contributed by atoms with E-state index in [0.29, 0.717) is 0 Å². The number of sulfonamides is 1. The van der Waals surface area contributed by atoms with Gasteiger partial charge in [0.1, 0.15) is 0 Å². The fraction of sp³-hybridized carbons (Fsp3) is 0.400. The van der Waals surface area contributed by atoms with Gasteiger partial charge >= 0.3 is 0 Å². The van der Waals surface area contributed by atoms with Crippen molar-refractivity contribution in [1.82, 2.24) is 4.72 Å². The van der Waals surface area contributed by atoms with Crippen molar-refractivity contribution in [2.45, 2.75) is 17.9 Å². The molecule has 0 aromatic heterocycles. The van der Waals surface area contributed by atoms with Crippen LogP contribution in [0.2, 0.25) is 0 Å². The smallest absolute Gasteiger partial charge is 0.246 e. The number of hydrogen-bond donors (Lipinski definition) is 1. The molecule has 0 aliphatic carbocycles. The highest BCUT2D eigenvalue weighted by Gasteiger charge is 2.30. The molecule has 1 aromatic rings. The monoisotopic (exact) mass is 333 g/mol. The Morgan fingerprint density at radius 1 is 1.20 bits per heavy atom. The van der Waals surface area contributed by atoms with E-state index in [9.17, 15) is 30.2 Å². The molecule has 1 rings (SSSR count). The topological polar surface area (TPSA) is 63.2 Å². The minimum atomic E-state index is -4.83. The van der Waals surface area contributed by atoms with Crippen LogP contribution in [0.5, 0.6) is 0 Å². The highest BCUT2D eigenvalue weighted by atomic mass is 32.2. The number of nitrogens with one attached hydrogen (secondary N) is 1. The molecular formula is C10H11F4NO3S2. The van der Waals surface area contributed by atoms with Gasteiger partial charge in [-0.05, 0) is 6.92 Å². The number of halogens is 4. The van der Waals surface area contributed by atoms with Crippen molar-refractivity contribution in [3.8, 4) is 0 Å². The van der Waals surface area contributed by atoms with Gasteiger partial charge in [-0.25, -0.2) is 30.7 Å². The maximum absolute atomic E-state index is 13.4. The Hall–Kier alpha value is -1.00. The van der Waals surface area contributed by atoms with Crippen molar-refractivity contribution in [3.05, 3.63) is 29.3 Å². The molecule has 0 aliphatic rings. The van der Waals surface area contributed by atoms with Crippen LogP contribution >= 0.6 is 0 Å². The van der Waals surface area contributed by atoms with Crippen LogP contribution < -0.4 is 4.72 Å². The van der Waals surface area contributed by atoms with Gasteiger partial charge in [-0.1, -0.05) is 0 Å². The summed E-state index contributed by atoms with van der Waals surface area (Å²) in [7, 11) is -6.19. The van der Waals surface area contributed by atoms with Crippen LogP contribution in [0.15, 0.2) is 11.0 Å². The molecule has 0 fully saturated rings. The molecule has 0 saturated heterocycles. The third kappa shape index (κ3) is 3.76. The zero-order chi connectivity index (χ0) is 15.7. The van der Waals surface area contributed by atoms with Crippen molar-refractivity contribution in [3.63, 3.8) is 0 Å². The average molecular weight is 333 g/mol. The molecule has 0 amide bonds. The summed E-state index contributed by atoms with van der Waals surface area (Å²) < 4.78 is 89.0. The quantitative estimate of drug-likeness (QED) is 0.652. The lowest BCUT2D eigenvalue weighted by molar-refractivity contribution is 0.417. The molecule has 114 valence electrons. The summed E-state index contributed by atoms with van der Waals surface area (Å²) in [6.07, 6.45) is 1.30. The molecule has 0 heterocycles. The zero-order valence-corrected chi connectivity index (χ0v) is 12.0. The molecule has 0 aliphatic heterocycles. The highest BCUT2D eigenvalue weighted by Crippen LogP contribution is 2.23. The first-order chi connectivity index (χ1) is 9.06. The van der Waals surface area contributed by atoms with E-state index in [1.807, 2.05) is 0 Å². The first-order valence-corrected chi connectivity index (χ1v) is 8.42. The van der Waals surface area contributed by atoms with E-state index in [0.717, 1.165) is 0 Å². The van der Waals surface area contributed by atoms with Crippen LogP contribution in [0.3, 0.4) is 0 Å². The zero-order valence-electron chi connectivity index (χ0n) is 10.4. The Labute approximate surface area is 115 Å². The van der Waals surface area contributed by atoms with Gasteiger partial charge in [0.05, 0.1) is 0 Å². The van der Waals surface area contributed by atoms with E-state index in [1.165, 1.54) is 13.2 Å². The summed E-state index contributed by atoms with van der Waals surface area (Å²) >= 11 is 0. The summed E-state index contributed by atoms with van der Waals surface area (Å²) in [6.45, 7) is 1.30. The van der Waals surface area contributed by atoms with Crippen molar-refractivity contribution in [2.24, 2.45) is 0 Å². The van der Waals surface area contributed by atoms with E-state index in [2.05, 4.69) is 0 Å². The van der Waals surface area contributed by atoms with Gasteiger partial charge in [0.25, 0.3) is 0 Å². The van der Waals surface area contributed by atoms with Crippen LogP contribution in [0.4, 0.5) is 17.6 Å². The Kier molecular flexibility index (Phi) is 5.27. The molecule has 4 nitrogen and oxygen atoms in total. The molecule has 2 atom stereocenters. The van der Waals surface area contributed by atoms with E-state index in [-0.39, 0.29) is 11.8 Å². The number of benzene rings is 1. The van der Waals surface area contributed by atoms with Crippen molar-refractivity contribution in [2.75, 3.05) is 12.0 Å². The lowest BCUT2D eigenvalue weighted by Crippen LogP contribution is -2.37. The molecule has 0 radical (unpaired) electrons. The van der Waals surface area contributed by atoms with Crippen LogP contribution in [0.25, 0.3) is 0 Å². The molecule has 10 heteroatoms. The molecule has 0 bridgehead atoms. The largest absolute Gasteiger partial charge is 0.260 e. The predicted octanol–water partition coefficient (Wildman–Crippen LogP) is 1.29. The first-order valence-electron chi connectivity index (χ1n) is 5.21. The minimum Gasteiger partial charge on any atom is -0.260 e. The maximum Gasteiger partial charge on any atom is 0.246 e. The third-order valence-electron chi connectivity index (χ3n) is 2.18. The lowest BCUT2D eigenvalue weighted by Gasteiger charge is -2.14. The lowest BCUT2D eigenvalue weighted by atomic mass is 10.3. The fourth-order valence-electron chi connectivity index (χ4n) is 1.50. The van der Waals surface area contributed by atoms with Crippen molar-refractivity contribution < 1.29 is 30.2 Å². The van der Waals surface area contributed by atoms with Crippen LogP contribution in [-0.2, 0) is 20.8 Å². The number of hydrogen-bond acceptors (Lipinski definition) is 3. The molecule has 20 heavy (non-hydrogen) atoms. The van der Waals surface area contributed by atoms with Gasteiger partial charge in [-0.3, -0.25) is 4.21 Å². The average Bonchev–Trinajstić information content (AvgIpc) is 2.24. The molecule has 1 aromatic carbocycles. The Morgan fingerprint density at radius 3 is 2.05 bits per heavy atom. The second-order valence-electron chi connectivity index (χ2n) is 4.06. The molecular weight excluding hydrogens is 322 g/mol. The van der Waals surface area contributed by atoms with Crippen LogP contribution in [0.1, 0.15) is 6.92 Å². The standard InChI is InChI=1S/C10H11F4NO3S2/c1-5(4-19(2)16)15-20(17,18)10-8(13)6(11)3-7(12)9(10)14/h3,5,15H,4H2,1-2H3/t5-,19+/m0/s1. The Bertz CT molecular complexity index is 622. The van der Waals surface area contributed by atoms with E-state index in [4.69, 9.17) is 0 Å². The van der Waals surface area contributed by atoms with Gasteiger partial charge in [-0.2, -0.15) is 0 Å². The van der Waals surface area contributed by atoms with Gasteiger partial charge in [0.2, 0.25) is 10.0 Å². The van der Waals surface area contributed by atoms with Crippen molar-refractivity contribution in [1.29, 1.82) is 0 Å². The van der Waals surface area contributed by atoms with E-state index >= 15 is 0 Å². The maximum atomic E-state index is 13.4. The molecule has 0 unspecified atom stereocenters.